The number of rotatable bonds is 44. The van der Waals surface area contributed by atoms with Gasteiger partial charge in [0.2, 0.25) is 5.91 Å². The van der Waals surface area contributed by atoms with E-state index in [1.54, 1.807) is 0 Å². The Kier molecular flexibility index (Phi) is 39.6. The summed E-state index contributed by atoms with van der Waals surface area (Å²) in [5, 5.41) is 87.1. The summed E-state index contributed by atoms with van der Waals surface area (Å²) >= 11 is 0. The molecule has 0 aromatic carbocycles. The van der Waals surface area contributed by atoms with E-state index in [0.717, 1.165) is 64.2 Å². The highest BCUT2D eigenvalue weighted by Crippen LogP contribution is 2.30. The molecule has 2 fully saturated rings. The van der Waals surface area contributed by atoms with Gasteiger partial charge in [-0.1, -0.05) is 204 Å². The van der Waals surface area contributed by atoms with E-state index in [2.05, 4.69) is 67.8 Å². The lowest BCUT2D eigenvalue weighted by Crippen LogP contribution is -2.65. The number of carbonyl (C=O) groups is 1. The van der Waals surface area contributed by atoms with Crippen molar-refractivity contribution in [2.45, 2.75) is 286 Å². The maximum absolute atomic E-state index is 13.2. The molecule has 0 aliphatic carbocycles. The second-order valence-corrected chi connectivity index (χ2v) is 20.0. The fourth-order valence-electron chi connectivity index (χ4n) is 9.23. The van der Waals surface area contributed by atoms with Crippen molar-refractivity contribution in [1.29, 1.82) is 0 Å². The molecule has 1 amide bonds. The Hall–Kier alpha value is -2.05. The average molecular weight is 1010 g/mol. The number of aliphatic hydroxyl groups excluding tert-OH is 8. The van der Waals surface area contributed by atoms with Crippen LogP contribution in [0.15, 0.2) is 48.6 Å². The molecule has 0 aromatic rings. The van der Waals surface area contributed by atoms with E-state index in [1.807, 2.05) is 0 Å². The molecule has 2 heterocycles. The van der Waals surface area contributed by atoms with Crippen molar-refractivity contribution >= 4 is 5.91 Å². The van der Waals surface area contributed by atoms with Gasteiger partial charge in [-0.05, 0) is 51.4 Å². The van der Waals surface area contributed by atoms with Gasteiger partial charge < -0.3 is 65.1 Å². The van der Waals surface area contributed by atoms with Crippen LogP contribution in [-0.4, -0.2) is 140 Å². The Morgan fingerprint density at radius 1 is 0.521 bits per heavy atom. The first kappa shape index (κ1) is 65.1. The molecule has 2 aliphatic rings. The number of unbranched alkanes of at least 4 members (excludes halogenated alkanes) is 23. The van der Waals surface area contributed by atoms with Gasteiger partial charge in [-0.2, -0.15) is 0 Å². The molecule has 14 heteroatoms. The Bertz CT molecular complexity index is 1380. The third-order valence-electron chi connectivity index (χ3n) is 13.8. The van der Waals surface area contributed by atoms with Crippen LogP contribution in [-0.2, 0) is 23.7 Å². The molecule has 0 saturated carbocycles. The van der Waals surface area contributed by atoms with Crippen molar-refractivity contribution in [1.82, 2.24) is 5.32 Å². The number of ether oxygens (including phenoxy) is 4. The quantitative estimate of drug-likeness (QED) is 0.0206. The second-order valence-electron chi connectivity index (χ2n) is 20.0. The van der Waals surface area contributed by atoms with Crippen LogP contribution in [0.4, 0.5) is 0 Å². The number of aliphatic hydroxyl groups is 8. The third-order valence-corrected chi connectivity index (χ3v) is 13.8. The molecule has 12 unspecified atom stereocenters. The smallest absolute Gasteiger partial charge is 0.220 e. The van der Waals surface area contributed by atoms with Crippen molar-refractivity contribution in [3.05, 3.63) is 48.6 Å². The standard InChI is InChI=1S/C57H103NO13/c1-3-5-7-9-11-13-15-17-19-20-21-22-23-24-25-27-28-30-32-34-36-38-40-46(61)45(58-49(62)41-39-37-35-33-31-29-26-18-16-14-12-10-8-6-4-2)44-68-56-54(67)52(65)55(48(43-60)70-56)71-57-53(66)51(64)50(63)47(42-59)69-57/h6,8,12,14,18,26,31,33,45-48,50-57,59-61,63-67H,3-5,7,9-11,13,15-17,19-25,27-30,32,34-44H2,1-2H3,(H,58,62)/b8-6-,14-12-,26-18-,33-31-. The van der Waals surface area contributed by atoms with E-state index in [-0.39, 0.29) is 18.9 Å². The van der Waals surface area contributed by atoms with Crippen LogP contribution in [0.2, 0.25) is 0 Å². The minimum atomic E-state index is -1.79. The molecular weight excluding hydrogens is 907 g/mol. The summed E-state index contributed by atoms with van der Waals surface area (Å²) in [7, 11) is 0. The van der Waals surface area contributed by atoms with Crippen LogP contribution in [0.5, 0.6) is 0 Å². The fraction of sp³-hybridized carbons (Fsp3) is 0.842. The number of allylic oxidation sites excluding steroid dienone is 8. The zero-order valence-corrected chi connectivity index (χ0v) is 44.2. The Morgan fingerprint density at radius 2 is 0.972 bits per heavy atom. The van der Waals surface area contributed by atoms with Crippen LogP contribution in [0.3, 0.4) is 0 Å². The highest BCUT2D eigenvalue weighted by atomic mass is 16.7. The van der Waals surface area contributed by atoms with Crippen LogP contribution in [0, 0.1) is 0 Å². The van der Waals surface area contributed by atoms with E-state index in [4.69, 9.17) is 18.9 Å². The van der Waals surface area contributed by atoms with E-state index in [0.29, 0.717) is 12.8 Å². The van der Waals surface area contributed by atoms with Crippen molar-refractivity contribution in [2.75, 3.05) is 19.8 Å². The van der Waals surface area contributed by atoms with Crippen LogP contribution in [0.1, 0.15) is 213 Å². The lowest BCUT2D eigenvalue weighted by Gasteiger charge is -2.46. The molecule has 0 spiro atoms. The molecule has 0 aromatic heterocycles. The summed E-state index contributed by atoms with van der Waals surface area (Å²) in [6.45, 7) is 2.72. The summed E-state index contributed by atoms with van der Waals surface area (Å²) in [6.07, 6.45) is 35.5. The van der Waals surface area contributed by atoms with E-state index < -0.39 is 86.8 Å². The first-order valence-electron chi connectivity index (χ1n) is 28.4. The van der Waals surface area contributed by atoms with Crippen molar-refractivity contribution in [2.24, 2.45) is 0 Å². The van der Waals surface area contributed by atoms with Crippen LogP contribution >= 0.6 is 0 Å². The van der Waals surface area contributed by atoms with Crippen LogP contribution in [0.25, 0.3) is 0 Å². The van der Waals surface area contributed by atoms with Gasteiger partial charge in [0.05, 0.1) is 32.0 Å². The van der Waals surface area contributed by atoms with Gasteiger partial charge in [0, 0.05) is 6.42 Å². The number of amides is 1. The summed E-state index contributed by atoms with van der Waals surface area (Å²) in [6, 6.07) is -0.852. The van der Waals surface area contributed by atoms with Gasteiger partial charge in [-0.15, -0.1) is 0 Å². The van der Waals surface area contributed by atoms with Gasteiger partial charge in [0.1, 0.15) is 48.8 Å². The molecule has 71 heavy (non-hydrogen) atoms. The Morgan fingerprint density at radius 3 is 1.46 bits per heavy atom. The fourth-order valence-corrected chi connectivity index (χ4v) is 9.23. The van der Waals surface area contributed by atoms with Gasteiger partial charge in [-0.25, -0.2) is 0 Å². The minimum absolute atomic E-state index is 0.247. The molecular formula is C57H103NO13. The molecule has 2 saturated heterocycles. The lowest BCUT2D eigenvalue weighted by molar-refractivity contribution is -0.359. The van der Waals surface area contributed by atoms with Gasteiger partial charge in [-0.3, -0.25) is 4.79 Å². The normalized spacial score (nSPS) is 26.1. The van der Waals surface area contributed by atoms with Gasteiger partial charge in [0.15, 0.2) is 12.6 Å². The largest absolute Gasteiger partial charge is 0.394 e. The zero-order valence-electron chi connectivity index (χ0n) is 44.2. The zero-order chi connectivity index (χ0) is 51.7. The molecule has 12 atom stereocenters. The number of carbonyl (C=O) groups excluding carboxylic acids is 1. The predicted molar refractivity (Wildman–Crippen MR) is 281 cm³/mol. The van der Waals surface area contributed by atoms with Crippen molar-refractivity contribution < 1.29 is 64.6 Å². The average Bonchev–Trinajstić information content (AvgIpc) is 3.37. The van der Waals surface area contributed by atoms with Gasteiger partial charge >= 0.3 is 0 Å². The van der Waals surface area contributed by atoms with Crippen molar-refractivity contribution in [3.63, 3.8) is 0 Å². The third kappa shape index (κ3) is 29.6. The first-order valence-corrected chi connectivity index (χ1v) is 28.4. The maximum atomic E-state index is 13.2. The Labute approximate surface area is 429 Å². The summed E-state index contributed by atoms with van der Waals surface area (Å²) < 4.78 is 22.8. The van der Waals surface area contributed by atoms with E-state index in [9.17, 15) is 45.6 Å². The molecule has 9 N–H and O–H groups in total. The lowest BCUT2D eigenvalue weighted by atomic mass is 9.97. The molecule has 2 aliphatic heterocycles. The maximum Gasteiger partial charge on any atom is 0.220 e. The van der Waals surface area contributed by atoms with E-state index in [1.165, 1.54) is 116 Å². The number of nitrogens with one attached hydrogen (secondary N) is 1. The summed E-state index contributed by atoms with van der Waals surface area (Å²) in [5.41, 5.74) is 0. The molecule has 2 rings (SSSR count). The molecule has 14 nitrogen and oxygen atoms in total. The number of hydrogen-bond donors (Lipinski definition) is 9. The predicted octanol–water partition coefficient (Wildman–Crippen LogP) is 8.83. The number of hydrogen-bond acceptors (Lipinski definition) is 13. The highest BCUT2D eigenvalue weighted by Gasteiger charge is 2.51. The summed E-state index contributed by atoms with van der Waals surface area (Å²) in [4.78, 5) is 13.2. The second kappa shape index (κ2) is 43.2. The highest BCUT2D eigenvalue weighted by molar-refractivity contribution is 5.76. The summed E-state index contributed by atoms with van der Waals surface area (Å²) in [5.74, 6) is -0.247. The van der Waals surface area contributed by atoms with E-state index >= 15 is 0 Å². The molecule has 0 bridgehead atoms. The SMILES string of the molecule is CC/C=C\C/C=C\C/C=C\C/C=C\CCCCC(=O)NC(COC1OC(CO)C(OC2OC(CO)C(O)C(O)C2O)C(O)C1O)C(O)CCCCCCCCCCCCCCCCCCCCCCCC. The minimum Gasteiger partial charge on any atom is -0.394 e. The van der Waals surface area contributed by atoms with Crippen molar-refractivity contribution in [3.8, 4) is 0 Å². The first-order chi connectivity index (χ1) is 34.6. The van der Waals surface area contributed by atoms with Crippen LogP contribution < -0.4 is 5.32 Å². The topological polar surface area (TPSA) is 228 Å². The Balaban J connectivity index is 1.78. The molecule has 0 radical (unpaired) electrons. The molecule has 414 valence electrons. The van der Waals surface area contributed by atoms with Gasteiger partial charge in [0.25, 0.3) is 0 Å². The monoisotopic (exact) mass is 1010 g/mol.